The SMILES string of the molecule is COCCn1ncc(NC(C)C2CCCNC2)c(Br)c1=O. The molecule has 2 heterocycles. The third-order valence-electron chi connectivity index (χ3n) is 3.92. The fourth-order valence-electron chi connectivity index (χ4n) is 2.57. The van der Waals surface area contributed by atoms with Crippen LogP contribution in [0.5, 0.6) is 0 Å². The van der Waals surface area contributed by atoms with Crippen molar-refractivity contribution in [2.75, 3.05) is 32.1 Å². The van der Waals surface area contributed by atoms with E-state index in [9.17, 15) is 4.79 Å². The molecule has 1 aromatic rings. The molecule has 2 N–H and O–H groups in total. The summed E-state index contributed by atoms with van der Waals surface area (Å²) in [4.78, 5) is 12.2. The predicted molar refractivity (Wildman–Crippen MR) is 86.8 cm³/mol. The lowest BCUT2D eigenvalue weighted by molar-refractivity contribution is 0.181. The number of rotatable bonds is 6. The fraction of sp³-hybridized carbons (Fsp3) is 0.714. The molecule has 1 aliphatic heterocycles. The second kappa shape index (κ2) is 7.91. The largest absolute Gasteiger partial charge is 0.383 e. The Kier molecular flexibility index (Phi) is 6.20. The van der Waals surface area contributed by atoms with E-state index in [0.717, 1.165) is 18.8 Å². The number of anilines is 1. The van der Waals surface area contributed by atoms with Crippen LogP contribution < -0.4 is 16.2 Å². The van der Waals surface area contributed by atoms with Crippen molar-refractivity contribution < 1.29 is 4.74 Å². The summed E-state index contributed by atoms with van der Waals surface area (Å²) in [7, 11) is 1.61. The summed E-state index contributed by atoms with van der Waals surface area (Å²) in [5.74, 6) is 0.571. The van der Waals surface area contributed by atoms with Crippen LogP contribution in [0.3, 0.4) is 0 Å². The normalized spacial score (nSPS) is 20.2. The van der Waals surface area contributed by atoms with Gasteiger partial charge in [0.05, 0.1) is 25.0 Å². The maximum Gasteiger partial charge on any atom is 0.283 e. The summed E-state index contributed by atoms with van der Waals surface area (Å²) in [6.07, 6.45) is 4.11. The van der Waals surface area contributed by atoms with Crippen molar-refractivity contribution in [3.8, 4) is 0 Å². The van der Waals surface area contributed by atoms with Gasteiger partial charge in [-0.15, -0.1) is 0 Å². The topological polar surface area (TPSA) is 68.2 Å². The van der Waals surface area contributed by atoms with Crippen LogP contribution in [0, 0.1) is 5.92 Å². The van der Waals surface area contributed by atoms with Crippen LogP contribution in [0.25, 0.3) is 0 Å². The molecule has 7 heteroatoms. The monoisotopic (exact) mass is 358 g/mol. The van der Waals surface area contributed by atoms with Crippen LogP contribution in [0.4, 0.5) is 5.69 Å². The molecule has 118 valence electrons. The molecule has 0 spiro atoms. The van der Waals surface area contributed by atoms with Crippen LogP contribution in [0.2, 0.25) is 0 Å². The minimum absolute atomic E-state index is 0.133. The van der Waals surface area contributed by atoms with Gasteiger partial charge >= 0.3 is 0 Å². The summed E-state index contributed by atoms with van der Waals surface area (Å²) in [6, 6.07) is 0.296. The quantitative estimate of drug-likeness (QED) is 0.805. The van der Waals surface area contributed by atoms with Crippen molar-refractivity contribution in [2.45, 2.75) is 32.4 Å². The highest BCUT2D eigenvalue weighted by Crippen LogP contribution is 2.22. The summed E-state index contributed by atoms with van der Waals surface area (Å²) < 4.78 is 6.92. The first-order valence-corrected chi connectivity index (χ1v) is 8.14. The van der Waals surface area contributed by atoms with Gasteiger partial charge in [-0.1, -0.05) is 0 Å². The van der Waals surface area contributed by atoms with Crippen molar-refractivity contribution in [1.29, 1.82) is 0 Å². The molecule has 0 radical (unpaired) electrons. The molecule has 1 fully saturated rings. The number of nitrogens with zero attached hydrogens (tertiary/aromatic N) is 2. The van der Waals surface area contributed by atoms with E-state index in [1.54, 1.807) is 13.3 Å². The number of methoxy groups -OCH3 is 1. The van der Waals surface area contributed by atoms with Gasteiger partial charge in [-0.05, 0) is 54.7 Å². The Hall–Kier alpha value is -0.920. The molecule has 0 aromatic carbocycles. The van der Waals surface area contributed by atoms with Gasteiger partial charge in [0, 0.05) is 13.2 Å². The standard InChI is InChI=1S/C14H23BrN4O2/c1-10(11-4-3-5-16-8-11)18-12-9-17-19(6-7-21-2)14(20)13(12)15/h9-11,16,18H,3-8H2,1-2H3. The Morgan fingerprint density at radius 2 is 2.48 bits per heavy atom. The van der Waals surface area contributed by atoms with Crippen molar-refractivity contribution in [3.05, 3.63) is 21.0 Å². The summed E-state index contributed by atoms with van der Waals surface area (Å²) in [5.41, 5.74) is 0.623. The van der Waals surface area contributed by atoms with E-state index in [1.165, 1.54) is 17.5 Å². The summed E-state index contributed by atoms with van der Waals surface area (Å²) in [5, 5.41) is 11.0. The van der Waals surface area contributed by atoms with E-state index in [1.807, 2.05) is 0 Å². The van der Waals surface area contributed by atoms with Crippen LogP contribution in [0.15, 0.2) is 15.5 Å². The van der Waals surface area contributed by atoms with Crippen LogP contribution >= 0.6 is 15.9 Å². The Bertz CT molecular complexity index is 514. The first-order valence-electron chi connectivity index (χ1n) is 7.35. The molecule has 0 saturated carbocycles. The van der Waals surface area contributed by atoms with Gasteiger partial charge in [-0.2, -0.15) is 5.10 Å². The number of halogens is 1. The Morgan fingerprint density at radius 1 is 1.67 bits per heavy atom. The van der Waals surface area contributed by atoms with Crippen LogP contribution in [0.1, 0.15) is 19.8 Å². The lowest BCUT2D eigenvalue weighted by atomic mass is 9.93. The zero-order chi connectivity index (χ0) is 15.2. The molecule has 1 aliphatic rings. The molecule has 2 rings (SSSR count). The second-order valence-electron chi connectivity index (χ2n) is 5.43. The van der Waals surface area contributed by atoms with E-state index in [-0.39, 0.29) is 5.56 Å². The minimum Gasteiger partial charge on any atom is -0.383 e. The first-order chi connectivity index (χ1) is 10.1. The Balaban J connectivity index is 2.06. The third-order valence-corrected chi connectivity index (χ3v) is 4.68. The van der Waals surface area contributed by atoms with Gasteiger partial charge in [-0.25, -0.2) is 4.68 Å². The lowest BCUT2D eigenvalue weighted by Crippen LogP contribution is -2.39. The third kappa shape index (κ3) is 4.28. The molecule has 2 unspecified atom stereocenters. The van der Waals surface area contributed by atoms with Gasteiger partial charge in [0.25, 0.3) is 5.56 Å². The highest BCUT2D eigenvalue weighted by Gasteiger charge is 2.21. The molecule has 6 nitrogen and oxygen atoms in total. The smallest absolute Gasteiger partial charge is 0.283 e. The Labute approximate surface area is 133 Å². The van der Waals surface area contributed by atoms with Gasteiger partial charge in [0.15, 0.2) is 0 Å². The van der Waals surface area contributed by atoms with Crippen molar-refractivity contribution in [3.63, 3.8) is 0 Å². The van der Waals surface area contributed by atoms with Crippen LogP contribution in [-0.2, 0) is 11.3 Å². The van der Waals surface area contributed by atoms with Crippen molar-refractivity contribution >= 4 is 21.6 Å². The van der Waals surface area contributed by atoms with Gasteiger partial charge in [0.2, 0.25) is 0 Å². The van der Waals surface area contributed by atoms with Gasteiger partial charge in [0.1, 0.15) is 4.47 Å². The van der Waals surface area contributed by atoms with Crippen molar-refractivity contribution in [2.24, 2.45) is 5.92 Å². The Morgan fingerprint density at radius 3 is 3.14 bits per heavy atom. The number of piperidine rings is 1. The zero-order valence-corrected chi connectivity index (χ0v) is 14.1. The number of hydrogen-bond donors (Lipinski definition) is 2. The summed E-state index contributed by atoms with van der Waals surface area (Å²) in [6.45, 7) is 5.20. The number of ether oxygens (including phenoxy) is 1. The average molecular weight is 359 g/mol. The van der Waals surface area contributed by atoms with E-state index in [4.69, 9.17) is 4.74 Å². The molecular weight excluding hydrogens is 336 g/mol. The predicted octanol–water partition coefficient (Wildman–Crippen LogP) is 1.45. The number of nitrogens with one attached hydrogen (secondary N) is 2. The van der Waals surface area contributed by atoms with E-state index in [0.29, 0.717) is 29.6 Å². The van der Waals surface area contributed by atoms with E-state index >= 15 is 0 Å². The van der Waals surface area contributed by atoms with Crippen LogP contribution in [-0.4, -0.2) is 42.6 Å². The maximum atomic E-state index is 12.2. The summed E-state index contributed by atoms with van der Waals surface area (Å²) >= 11 is 3.38. The minimum atomic E-state index is -0.133. The molecule has 0 aliphatic carbocycles. The molecular formula is C14H23BrN4O2. The molecule has 1 saturated heterocycles. The van der Waals surface area contributed by atoms with Gasteiger partial charge in [-0.3, -0.25) is 4.79 Å². The highest BCUT2D eigenvalue weighted by molar-refractivity contribution is 9.10. The average Bonchev–Trinajstić information content (AvgIpc) is 2.52. The molecule has 21 heavy (non-hydrogen) atoms. The number of hydrogen-bond acceptors (Lipinski definition) is 5. The van der Waals surface area contributed by atoms with Gasteiger partial charge < -0.3 is 15.4 Å². The zero-order valence-electron chi connectivity index (χ0n) is 12.6. The highest BCUT2D eigenvalue weighted by atomic mass is 79.9. The van der Waals surface area contributed by atoms with Crippen molar-refractivity contribution in [1.82, 2.24) is 15.1 Å². The molecule has 2 atom stereocenters. The fourth-order valence-corrected chi connectivity index (χ4v) is 2.99. The first kappa shape index (κ1) is 16.5. The van der Waals surface area contributed by atoms with E-state index < -0.39 is 0 Å². The number of aromatic nitrogens is 2. The lowest BCUT2D eigenvalue weighted by Gasteiger charge is -2.29. The molecule has 1 aromatic heterocycles. The van der Waals surface area contributed by atoms with E-state index in [2.05, 4.69) is 38.6 Å². The molecule has 0 amide bonds. The second-order valence-corrected chi connectivity index (χ2v) is 6.23. The molecule has 0 bridgehead atoms. The maximum absolute atomic E-state index is 12.2.